The summed E-state index contributed by atoms with van der Waals surface area (Å²) < 4.78 is 0. The SMILES string of the molecule is CC(C)N1[CH-]N(c2[c-]cccc2)c2cccnc21.CN1[CH-]N(c2[c-]cccc2)c2cccnc21.Cc1cc(-c2[c-]cccc2)ncc1-c1ccccc1.[Ir+3].[Ir+3].[c-]1ccccc1-c1ccccn1. The first kappa shape index (κ1) is 49.6. The number of para-hydroxylation sites is 2. The molecule has 4 aromatic heterocycles. The van der Waals surface area contributed by atoms with E-state index in [4.69, 9.17) is 0 Å². The van der Waals surface area contributed by atoms with Crippen LogP contribution in [0.5, 0.6) is 0 Å². The van der Waals surface area contributed by atoms with E-state index in [-0.39, 0.29) is 40.2 Å². The van der Waals surface area contributed by atoms with Crippen molar-refractivity contribution in [3.8, 4) is 33.6 Å². The molecule has 8 nitrogen and oxygen atoms in total. The molecule has 0 spiro atoms. The van der Waals surface area contributed by atoms with Crippen molar-refractivity contribution in [1.29, 1.82) is 0 Å². The molecule has 0 bridgehead atoms. The predicted molar refractivity (Wildman–Crippen MR) is 265 cm³/mol. The first-order valence-electron chi connectivity index (χ1n) is 21.4. The standard InChI is InChI=1S/C18H14N.C15H15N3.C13H11N3.C11H8N.2Ir/c1-14-12-18(16-10-6-3-7-11-16)19-13-17(14)15-8-4-2-5-9-15;1-12(2)17-11-18(13-7-4-3-5-8-13)14-9-6-10-16-15(14)17;1-15-10-16(11-6-3-2-4-7-11)12-8-5-9-14-13(12)15;1-2-6-10(7-3-1)11-8-4-5-9-12-11;;/h2-10,12-13H,1H3;3-7,9-12H,1-2H3;2-6,8-10H,1H3;1-6,8-9H;;/q-1;2*-2;-1;2*+3. The smallest absolute Gasteiger partial charge is 0.492 e. The second kappa shape index (κ2) is 24.6. The van der Waals surface area contributed by atoms with Crippen LogP contribution in [0, 0.1) is 44.5 Å². The molecule has 0 unspecified atom stereocenters. The summed E-state index contributed by atoms with van der Waals surface area (Å²) in [6.45, 7) is 10.6. The maximum Gasteiger partial charge on any atom is 3.00 e. The van der Waals surface area contributed by atoms with Gasteiger partial charge < -0.3 is 29.6 Å². The van der Waals surface area contributed by atoms with E-state index in [1.807, 2.05) is 171 Å². The van der Waals surface area contributed by atoms with Crippen molar-refractivity contribution in [3.63, 3.8) is 0 Å². The number of rotatable bonds is 6. The minimum absolute atomic E-state index is 0. The van der Waals surface area contributed by atoms with E-state index in [0.717, 1.165) is 56.9 Å². The zero-order valence-electron chi connectivity index (χ0n) is 37.5. The van der Waals surface area contributed by atoms with Gasteiger partial charge in [-0.25, -0.2) is 9.97 Å². The average Bonchev–Trinajstić information content (AvgIpc) is 3.94. The number of nitrogens with zero attached hydrogens (tertiary/aromatic N) is 8. The number of hydrogen-bond acceptors (Lipinski definition) is 8. The van der Waals surface area contributed by atoms with E-state index < -0.39 is 0 Å². The van der Waals surface area contributed by atoms with Crippen LogP contribution < -0.4 is 19.6 Å². The summed E-state index contributed by atoms with van der Waals surface area (Å²) in [7, 11) is 1.99. The molecule has 0 atom stereocenters. The average molecular weight is 1230 g/mol. The van der Waals surface area contributed by atoms with Crippen molar-refractivity contribution < 1.29 is 40.2 Å². The van der Waals surface area contributed by atoms with Crippen LogP contribution >= 0.6 is 0 Å². The van der Waals surface area contributed by atoms with Gasteiger partial charge in [0.25, 0.3) is 0 Å². The minimum Gasteiger partial charge on any atom is -0.492 e. The molecule has 9 aromatic rings. The van der Waals surface area contributed by atoms with Crippen LogP contribution in [0.25, 0.3) is 33.6 Å². The summed E-state index contributed by atoms with van der Waals surface area (Å²) in [6.07, 6.45) is 7.37. The van der Waals surface area contributed by atoms with Crippen LogP contribution in [0.1, 0.15) is 19.4 Å². The van der Waals surface area contributed by atoms with Gasteiger partial charge in [0.2, 0.25) is 0 Å². The van der Waals surface area contributed by atoms with Gasteiger partial charge in [-0.2, -0.15) is 67.3 Å². The molecular weight excluding hydrogens is 1180 g/mol. The van der Waals surface area contributed by atoms with Gasteiger partial charge in [-0.3, -0.25) is 0 Å². The molecule has 334 valence electrons. The third-order valence-electron chi connectivity index (χ3n) is 10.4. The fraction of sp³-hybridized carbons (Fsp3) is 0.0877. The third-order valence-corrected chi connectivity index (χ3v) is 10.4. The second-order valence-corrected chi connectivity index (χ2v) is 15.3. The Morgan fingerprint density at radius 1 is 0.493 bits per heavy atom. The first-order chi connectivity index (χ1) is 31.9. The fourth-order valence-electron chi connectivity index (χ4n) is 7.23. The number of aryl methyl sites for hydroxylation is 1. The molecule has 11 rings (SSSR count). The number of fused-ring (bicyclic) bond motifs is 2. The molecule has 67 heavy (non-hydrogen) atoms. The van der Waals surface area contributed by atoms with E-state index >= 15 is 0 Å². The summed E-state index contributed by atoms with van der Waals surface area (Å²) in [5.41, 5.74) is 11.9. The molecule has 6 heterocycles. The number of aromatic nitrogens is 4. The van der Waals surface area contributed by atoms with Crippen LogP contribution in [0.2, 0.25) is 0 Å². The molecule has 5 aromatic carbocycles. The molecular formula is C57H48Ir2N8. The van der Waals surface area contributed by atoms with E-state index in [1.165, 1.54) is 16.7 Å². The van der Waals surface area contributed by atoms with Crippen LogP contribution in [-0.2, 0) is 40.2 Å². The molecule has 2 aliphatic heterocycles. The van der Waals surface area contributed by atoms with Crippen molar-refractivity contribution >= 4 is 34.4 Å². The third kappa shape index (κ3) is 12.6. The number of pyridine rings is 4. The van der Waals surface area contributed by atoms with E-state index in [1.54, 1.807) is 12.4 Å². The molecule has 0 N–H and O–H groups in total. The fourth-order valence-corrected chi connectivity index (χ4v) is 7.23. The van der Waals surface area contributed by atoms with Gasteiger partial charge in [0.1, 0.15) is 11.6 Å². The van der Waals surface area contributed by atoms with Crippen LogP contribution in [0.15, 0.2) is 201 Å². The summed E-state index contributed by atoms with van der Waals surface area (Å²) in [5, 5.41) is 0. The second-order valence-electron chi connectivity index (χ2n) is 15.3. The largest absolute Gasteiger partial charge is 3.00 e. The van der Waals surface area contributed by atoms with E-state index in [2.05, 4.69) is 123 Å². The van der Waals surface area contributed by atoms with Crippen molar-refractivity contribution in [1.82, 2.24) is 19.9 Å². The van der Waals surface area contributed by atoms with Crippen LogP contribution in [0.3, 0.4) is 0 Å². The van der Waals surface area contributed by atoms with Gasteiger partial charge >= 0.3 is 40.2 Å². The summed E-state index contributed by atoms with van der Waals surface area (Å²) >= 11 is 0. The molecule has 10 heteroatoms. The molecule has 0 saturated heterocycles. The Hall–Kier alpha value is -6.80. The van der Waals surface area contributed by atoms with Gasteiger partial charge in [-0.05, 0) is 86.7 Å². The normalized spacial score (nSPS) is 11.8. The quantitative estimate of drug-likeness (QED) is 0.153. The Balaban J connectivity index is 0.000000148. The van der Waals surface area contributed by atoms with Gasteiger partial charge in [0.15, 0.2) is 0 Å². The summed E-state index contributed by atoms with van der Waals surface area (Å²) in [5.74, 6) is 1.98. The van der Waals surface area contributed by atoms with Gasteiger partial charge in [0, 0.05) is 30.4 Å². The topological polar surface area (TPSA) is 64.5 Å². The zero-order chi connectivity index (χ0) is 44.8. The van der Waals surface area contributed by atoms with E-state index in [9.17, 15) is 0 Å². The van der Waals surface area contributed by atoms with Crippen molar-refractivity contribution in [3.05, 3.63) is 244 Å². The number of anilines is 6. The van der Waals surface area contributed by atoms with Crippen LogP contribution in [0.4, 0.5) is 34.4 Å². The van der Waals surface area contributed by atoms with Crippen molar-refractivity contribution in [2.45, 2.75) is 26.8 Å². The molecule has 0 amide bonds. The Morgan fingerprint density at radius 2 is 1.01 bits per heavy atom. The minimum atomic E-state index is 0. The monoisotopic (exact) mass is 1230 g/mol. The molecule has 0 saturated carbocycles. The number of benzene rings is 5. The molecule has 0 radical (unpaired) electrons. The van der Waals surface area contributed by atoms with Crippen molar-refractivity contribution in [2.75, 3.05) is 26.6 Å². The Labute approximate surface area is 422 Å². The molecule has 2 aliphatic rings. The maximum absolute atomic E-state index is 4.55. The summed E-state index contributed by atoms with van der Waals surface area (Å²) in [4.78, 5) is 26.0. The van der Waals surface area contributed by atoms with Crippen molar-refractivity contribution in [2.24, 2.45) is 0 Å². The molecule has 0 aliphatic carbocycles. The first-order valence-corrected chi connectivity index (χ1v) is 21.4. The molecule has 0 fully saturated rings. The summed E-state index contributed by atoms with van der Waals surface area (Å²) in [6, 6.07) is 71.2. The maximum atomic E-state index is 4.55. The number of hydrogen-bond donors (Lipinski definition) is 0. The van der Waals surface area contributed by atoms with Gasteiger partial charge in [-0.1, -0.05) is 48.5 Å². The zero-order valence-corrected chi connectivity index (χ0v) is 42.3. The Morgan fingerprint density at radius 3 is 1.55 bits per heavy atom. The van der Waals surface area contributed by atoms with E-state index in [0.29, 0.717) is 6.04 Å². The van der Waals surface area contributed by atoms with Gasteiger partial charge in [0.05, 0.1) is 11.4 Å². The van der Waals surface area contributed by atoms with Gasteiger partial charge in [-0.15, -0.1) is 89.8 Å². The predicted octanol–water partition coefficient (Wildman–Crippen LogP) is 13.0. The Bertz CT molecular complexity index is 2800. The van der Waals surface area contributed by atoms with Crippen LogP contribution in [-0.4, -0.2) is 33.0 Å². The Kier molecular flexibility index (Phi) is 18.3.